The van der Waals surface area contributed by atoms with Crippen LogP contribution in [0.2, 0.25) is 0 Å². The highest BCUT2D eigenvalue weighted by Crippen LogP contribution is 2.28. The number of carbonyl (C=O) groups excluding carboxylic acids is 2. The molecule has 3 amide bonds. The van der Waals surface area contributed by atoms with E-state index >= 15 is 0 Å². The van der Waals surface area contributed by atoms with Gasteiger partial charge in [0.2, 0.25) is 5.91 Å². The summed E-state index contributed by atoms with van der Waals surface area (Å²) < 4.78 is 0. The predicted molar refractivity (Wildman–Crippen MR) is 102 cm³/mol. The first-order valence-corrected chi connectivity index (χ1v) is 9.48. The van der Waals surface area contributed by atoms with Crippen LogP contribution in [0.3, 0.4) is 0 Å². The zero-order valence-corrected chi connectivity index (χ0v) is 15.2. The van der Waals surface area contributed by atoms with Gasteiger partial charge in [0.05, 0.1) is 0 Å². The number of pyridine rings is 1. The van der Waals surface area contributed by atoms with Crippen LogP contribution in [0.25, 0.3) is 0 Å². The molecule has 1 fully saturated rings. The minimum absolute atomic E-state index is 0.00560. The number of nitrogens with zero attached hydrogens (tertiary/aromatic N) is 2. The number of fused-ring (bicyclic) bond motifs is 1. The zero-order chi connectivity index (χ0) is 18.6. The Morgan fingerprint density at radius 1 is 1.07 bits per heavy atom. The molecule has 2 N–H and O–H groups in total. The van der Waals surface area contributed by atoms with Crippen molar-refractivity contribution in [2.45, 2.75) is 38.4 Å². The fourth-order valence-corrected chi connectivity index (χ4v) is 3.70. The standard InChI is InChI=1S/C21H24N4O2/c26-20(23-9-6-15-4-2-1-3-5-15)17-10-19(11-17)24-21(27)25-13-16-7-8-22-12-18(16)14-25/h1-5,7-8,12,17,19H,6,9-11,13-14H2,(H,23,26)(H,24,27)/t17-,19-. The average molecular weight is 364 g/mol. The van der Waals surface area contributed by atoms with Gasteiger partial charge < -0.3 is 15.5 Å². The van der Waals surface area contributed by atoms with Gasteiger partial charge in [-0.2, -0.15) is 0 Å². The maximum Gasteiger partial charge on any atom is 0.318 e. The molecule has 1 aliphatic heterocycles. The molecule has 6 heteroatoms. The van der Waals surface area contributed by atoms with Crippen molar-refractivity contribution in [2.75, 3.05) is 6.54 Å². The topological polar surface area (TPSA) is 74.3 Å². The highest BCUT2D eigenvalue weighted by atomic mass is 16.2. The van der Waals surface area contributed by atoms with Crippen LogP contribution in [0.4, 0.5) is 4.79 Å². The molecule has 2 heterocycles. The molecule has 27 heavy (non-hydrogen) atoms. The second kappa shape index (κ2) is 7.78. The summed E-state index contributed by atoms with van der Waals surface area (Å²) in [6.45, 7) is 1.88. The SMILES string of the molecule is O=C(N[C@H]1C[C@H](C(=O)NCCc2ccccc2)C1)N1Cc2ccncc2C1. The molecule has 140 valence electrons. The number of benzene rings is 1. The number of rotatable bonds is 5. The summed E-state index contributed by atoms with van der Waals surface area (Å²) in [5.41, 5.74) is 3.49. The van der Waals surface area contributed by atoms with E-state index in [4.69, 9.17) is 0 Å². The fourth-order valence-electron chi connectivity index (χ4n) is 3.70. The number of amides is 3. The lowest BCUT2D eigenvalue weighted by Gasteiger charge is -2.35. The summed E-state index contributed by atoms with van der Waals surface area (Å²) in [6.07, 6.45) is 5.84. The summed E-state index contributed by atoms with van der Waals surface area (Å²) in [5, 5.41) is 6.05. The Bertz CT molecular complexity index is 793. The highest BCUT2D eigenvalue weighted by molar-refractivity contribution is 5.81. The van der Waals surface area contributed by atoms with Gasteiger partial charge >= 0.3 is 6.03 Å². The Kier molecular flexibility index (Phi) is 5.05. The van der Waals surface area contributed by atoms with E-state index in [1.54, 1.807) is 11.1 Å². The Morgan fingerprint density at radius 3 is 2.63 bits per heavy atom. The molecule has 0 unspecified atom stereocenters. The molecular formula is C21H24N4O2. The van der Waals surface area contributed by atoms with Crippen LogP contribution in [0, 0.1) is 5.92 Å². The summed E-state index contributed by atoms with van der Waals surface area (Å²) in [4.78, 5) is 30.5. The number of aromatic nitrogens is 1. The van der Waals surface area contributed by atoms with Crippen molar-refractivity contribution in [3.8, 4) is 0 Å². The van der Waals surface area contributed by atoms with E-state index < -0.39 is 0 Å². The lowest BCUT2D eigenvalue weighted by atomic mass is 9.79. The number of hydrogen-bond donors (Lipinski definition) is 2. The van der Waals surface area contributed by atoms with Crippen LogP contribution in [0.15, 0.2) is 48.8 Å². The van der Waals surface area contributed by atoms with Gasteiger partial charge in [0, 0.05) is 44.0 Å². The smallest absolute Gasteiger partial charge is 0.318 e. The van der Waals surface area contributed by atoms with E-state index in [1.165, 1.54) is 5.56 Å². The van der Waals surface area contributed by atoms with E-state index in [9.17, 15) is 9.59 Å². The van der Waals surface area contributed by atoms with Crippen LogP contribution >= 0.6 is 0 Å². The Balaban J connectivity index is 1.15. The fraction of sp³-hybridized carbons (Fsp3) is 0.381. The van der Waals surface area contributed by atoms with Crippen LogP contribution in [-0.2, 0) is 24.3 Å². The van der Waals surface area contributed by atoms with Crippen molar-refractivity contribution in [3.63, 3.8) is 0 Å². The molecule has 0 spiro atoms. The van der Waals surface area contributed by atoms with Gasteiger partial charge in [0.1, 0.15) is 0 Å². The summed E-state index contributed by atoms with van der Waals surface area (Å²) in [6, 6.07) is 12.1. The first-order chi connectivity index (χ1) is 13.2. The van der Waals surface area contributed by atoms with Gasteiger partial charge in [-0.25, -0.2) is 4.79 Å². The van der Waals surface area contributed by atoms with Crippen LogP contribution < -0.4 is 10.6 Å². The lowest BCUT2D eigenvalue weighted by Crippen LogP contribution is -2.52. The van der Waals surface area contributed by atoms with E-state index in [1.807, 2.05) is 30.5 Å². The largest absolute Gasteiger partial charge is 0.356 e. The number of hydrogen-bond acceptors (Lipinski definition) is 3. The van der Waals surface area contributed by atoms with E-state index in [0.29, 0.717) is 32.5 Å². The summed E-state index contributed by atoms with van der Waals surface area (Å²) >= 11 is 0. The molecule has 2 aromatic rings. The third-order valence-corrected chi connectivity index (χ3v) is 5.41. The van der Waals surface area contributed by atoms with Gasteiger partial charge in [0.25, 0.3) is 0 Å². The number of carbonyl (C=O) groups is 2. The maximum absolute atomic E-state index is 12.4. The third kappa shape index (κ3) is 4.10. The molecule has 0 bridgehead atoms. The van der Waals surface area contributed by atoms with E-state index in [2.05, 4.69) is 27.8 Å². The third-order valence-electron chi connectivity index (χ3n) is 5.41. The second-order valence-corrected chi connectivity index (χ2v) is 7.34. The lowest BCUT2D eigenvalue weighted by molar-refractivity contribution is -0.128. The second-order valence-electron chi connectivity index (χ2n) is 7.34. The van der Waals surface area contributed by atoms with E-state index in [-0.39, 0.29) is 23.9 Å². The molecule has 4 rings (SSSR count). The zero-order valence-electron chi connectivity index (χ0n) is 15.2. The summed E-state index contributed by atoms with van der Waals surface area (Å²) in [7, 11) is 0. The van der Waals surface area contributed by atoms with Crippen molar-refractivity contribution < 1.29 is 9.59 Å². The monoisotopic (exact) mass is 364 g/mol. The quantitative estimate of drug-likeness (QED) is 0.854. The van der Waals surface area contributed by atoms with Crippen molar-refractivity contribution in [1.29, 1.82) is 0 Å². The van der Waals surface area contributed by atoms with Gasteiger partial charge in [0.15, 0.2) is 0 Å². The normalized spacial score (nSPS) is 20.5. The van der Waals surface area contributed by atoms with Gasteiger partial charge in [-0.05, 0) is 42.0 Å². The minimum Gasteiger partial charge on any atom is -0.356 e. The number of nitrogens with one attached hydrogen (secondary N) is 2. The first kappa shape index (κ1) is 17.5. The van der Waals surface area contributed by atoms with Crippen molar-refractivity contribution in [3.05, 3.63) is 65.5 Å². The minimum atomic E-state index is -0.0564. The van der Waals surface area contributed by atoms with Crippen molar-refractivity contribution >= 4 is 11.9 Å². The highest BCUT2D eigenvalue weighted by Gasteiger charge is 2.36. The van der Waals surface area contributed by atoms with E-state index in [0.717, 1.165) is 17.5 Å². The number of urea groups is 1. The predicted octanol–water partition coefficient (Wildman–Crippen LogP) is 2.24. The molecule has 2 aliphatic rings. The van der Waals surface area contributed by atoms with Crippen LogP contribution in [0.5, 0.6) is 0 Å². The molecule has 6 nitrogen and oxygen atoms in total. The van der Waals surface area contributed by atoms with Crippen LogP contribution in [-0.4, -0.2) is 34.4 Å². The molecule has 0 saturated heterocycles. The molecule has 0 atom stereocenters. The Labute approximate surface area is 159 Å². The van der Waals surface area contributed by atoms with Gasteiger partial charge in [-0.15, -0.1) is 0 Å². The molecule has 1 aromatic heterocycles. The van der Waals surface area contributed by atoms with Crippen molar-refractivity contribution in [2.24, 2.45) is 5.92 Å². The molecule has 1 saturated carbocycles. The molecule has 1 aromatic carbocycles. The molecule has 1 aliphatic carbocycles. The van der Waals surface area contributed by atoms with Crippen LogP contribution in [0.1, 0.15) is 29.5 Å². The van der Waals surface area contributed by atoms with Crippen molar-refractivity contribution in [1.82, 2.24) is 20.5 Å². The molecular weight excluding hydrogens is 340 g/mol. The Morgan fingerprint density at radius 2 is 1.85 bits per heavy atom. The van der Waals surface area contributed by atoms with Gasteiger partial charge in [-0.1, -0.05) is 30.3 Å². The average Bonchev–Trinajstić information content (AvgIpc) is 3.09. The Hall–Kier alpha value is -2.89. The summed E-state index contributed by atoms with van der Waals surface area (Å²) in [5.74, 6) is 0.0992. The molecule has 0 radical (unpaired) electrons. The first-order valence-electron chi connectivity index (χ1n) is 9.48. The van der Waals surface area contributed by atoms with Gasteiger partial charge in [-0.3, -0.25) is 9.78 Å². The maximum atomic E-state index is 12.4.